The van der Waals surface area contributed by atoms with E-state index in [-0.39, 0.29) is 42.6 Å². The molecule has 1 aromatic rings. The number of hydrogen-bond donors (Lipinski definition) is 1. The van der Waals surface area contributed by atoms with Crippen molar-refractivity contribution in [1.82, 2.24) is 0 Å². The molecule has 2 aliphatic carbocycles. The van der Waals surface area contributed by atoms with Gasteiger partial charge in [0.25, 0.3) is 0 Å². The van der Waals surface area contributed by atoms with E-state index in [9.17, 15) is 13.9 Å². The number of ether oxygens (including phenoxy) is 2. The molecule has 1 heterocycles. The summed E-state index contributed by atoms with van der Waals surface area (Å²) in [5, 5.41) is 10.2. The summed E-state index contributed by atoms with van der Waals surface area (Å²) in [6.45, 7) is 2.99. The maximum absolute atomic E-state index is 15.0. The molecule has 3 aliphatic rings. The molecule has 1 unspecified atom stereocenters. The summed E-state index contributed by atoms with van der Waals surface area (Å²) in [7, 11) is 0. The van der Waals surface area contributed by atoms with E-state index in [4.69, 9.17) is 9.47 Å². The molecule has 180 valence electrons. The van der Waals surface area contributed by atoms with Crippen LogP contribution >= 0.6 is 0 Å². The number of rotatable bonds is 7. The third kappa shape index (κ3) is 5.71. The van der Waals surface area contributed by atoms with Crippen LogP contribution in [0.15, 0.2) is 18.2 Å². The van der Waals surface area contributed by atoms with Crippen molar-refractivity contribution in [3.05, 3.63) is 35.1 Å². The Morgan fingerprint density at radius 1 is 0.969 bits per heavy atom. The first-order chi connectivity index (χ1) is 15.6. The predicted molar refractivity (Wildman–Crippen MR) is 122 cm³/mol. The van der Waals surface area contributed by atoms with Gasteiger partial charge in [-0.1, -0.05) is 25.5 Å². The van der Waals surface area contributed by atoms with Crippen molar-refractivity contribution < 1.29 is 23.4 Å². The second kappa shape index (κ2) is 11.4. The molecule has 3 nitrogen and oxygen atoms in total. The smallest absolute Gasteiger partial charge is 0.160 e. The molecule has 0 bridgehead atoms. The average Bonchev–Trinajstić information content (AvgIpc) is 2.84. The molecule has 4 rings (SSSR count). The summed E-state index contributed by atoms with van der Waals surface area (Å²) in [6, 6.07) is 5.87. The summed E-state index contributed by atoms with van der Waals surface area (Å²) < 4.78 is 39.8. The zero-order chi connectivity index (χ0) is 22.5. The SMILES string of the molecule is CCCC(O)C1COC(C2CCC(c3ccc(C4CCC(CF)CC4)c(F)c3)CC2)OC1. The van der Waals surface area contributed by atoms with Gasteiger partial charge in [0.15, 0.2) is 6.29 Å². The molecule has 0 amide bonds. The highest BCUT2D eigenvalue weighted by Crippen LogP contribution is 2.41. The molecule has 32 heavy (non-hydrogen) atoms. The van der Waals surface area contributed by atoms with Crippen LogP contribution in [0.5, 0.6) is 0 Å². The second-order valence-electron chi connectivity index (χ2n) is 10.4. The summed E-state index contributed by atoms with van der Waals surface area (Å²) in [4.78, 5) is 0. The van der Waals surface area contributed by atoms with Gasteiger partial charge in [0.2, 0.25) is 0 Å². The summed E-state index contributed by atoms with van der Waals surface area (Å²) in [6.07, 6.45) is 8.88. The van der Waals surface area contributed by atoms with Crippen LogP contribution in [0.2, 0.25) is 0 Å². The Balaban J connectivity index is 1.26. The number of benzene rings is 1. The Morgan fingerprint density at radius 3 is 2.22 bits per heavy atom. The van der Waals surface area contributed by atoms with E-state index in [0.717, 1.165) is 75.3 Å². The molecule has 0 aromatic heterocycles. The quantitative estimate of drug-likeness (QED) is 0.516. The van der Waals surface area contributed by atoms with Gasteiger partial charge in [-0.05, 0) is 92.7 Å². The minimum Gasteiger partial charge on any atom is -0.393 e. The highest BCUT2D eigenvalue weighted by atomic mass is 19.1. The standard InChI is InChI=1S/C27H40F2O3/c1-2-3-26(30)23-16-31-27(32-17-23)21-10-8-19(9-11-21)22-12-13-24(25(29)14-22)20-6-4-18(15-28)5-7-20/h12-14,18-21,23,26-27,30H,2-11,15-17H2,1H3. The predicted octanol–water partition coefficient (Wildman–Crippen LogP) is 6.49. The molecule has 1 saturated heterocycles. The van der Waals surface area contributed by atoms with Crippen molar-refractivity contribution in [2.45, 2.75) is 95.4 Å². The topological polar surface area (TPSA) is 38.7 Å². The maximum Gasteiger partial charge on any atom is 0.160 e. The average molecular weight is 451 g/mol. The Morgan fingerprint density at radius 2 is 1.62 bits per heavy atom. The monoisotopic (exact) mass is 450 g/mol. The molecule has 1 aliphatic heterocycles. The third-order valence-corrected chi connectivity index (χ3v) is 8.24. The molecule has 1 atom stereocenters. The lowest BCUT2D eigenvalue weighted by atomic mass is 9.76. The van der Waals surface area contributed by atoms with Crippen LogP contribution in [0.25, 0.3) is 0 Å². The van der Waals surface area contributed by atoms with E-state index in [2.05, 4.69) is 13.0 Å². The highest BCUT2D eigenvalue weighted by Gasteiger charge is 2.35. The summed E-state index contributed by atoms with van der Waals surface area (Å²) in [5.41, 5.74) is 1.93. The van der Waals surface area contributed by atoms with Crippen LogP contribution in [-0.4, -0.2) is 37.4 Å². The number of aliphatic hydroxyl groups excluding tert-OH is 1. The molecule has 2 saturated carbocycles. The van der Waals surface area contributed by atoms with Crippen LogP contribution in [0, 0.1) is 23.6 Å². The Bertz CT molecular complexity index is 703. The zero-order valence-electron chi connectivity index (χ0n) is 19.5. The van der Waals surface area contributed by atoms with Crippen LogP contribution in [0.4, 0.5) is 8.78 Å². The van der Waals surface area contributed by atoms with Gasteiger partial charge in [0, 0.05) is 11.8 Å². The first-order valence-corrected chi connectivity index (χ1v) is 12.9. The zero-order valence-corrected chi connectivity index (χ0v) is 19.5. The Hall–Kier alpha value is -1.04. The van der Waals surface area contributed by atoms with Gasteiger partial charge in [0.1, 0.15) is 5.82 Å². The summed E-state index contributed by atoms with van der Waals surface area (Å²) in [5.74, 6) is 1.18. The fourth-order valence-corrected chi connectivity index (χ4v) is 6.04. The van der Waals surface area contributed by atoms with Gasteiger partial charge in [-0.15, -0.1) is 0 Å². The molecular formula is C27H40F2O3. The van der Waals surface area contributed by atoms with Crippen LogP contribution in [-0.2, 0) is 9.47 Å². The van der Waals surface area contributed by atoms with Gasteiger partial charge in [0.05, 0.1) is 26.0 Å². The third-order valence-electron chi connectivity index (χ3n) is 8.24. The lowest BCUT2D eigenvalue weighted by Crippen LogP contribution is -2.42. The lowest BCUT2D eigenvalue weighted by molar-refractivity contribution is -0.239. The minimum atomic E-state index is -0.340. The normalized spacial score (nSPS) is 34.9. The first-order valence-electron chi connectivity index (χ1n) is 12.9. The van der Waals surface area contributed by atoms with Crippen molar-refractivity contribution in [1.29, 1.82) is 0 Å². The highest BCUT2D eigenvalue weighted by molar-refractivity contribution is 5.30. The number of alkyl halides is 1. The Labute approximate surface area is 191 Å². The molecule has 3 fully saturated rings. The molecular weight excluding hydrogens is 410 g/mol. The fourth-order valence-electron chi connectivity index (χ4n) is 6.04. The number of halogens is 2. The van der Waals surface area contributed by atoms with E-state index in [1.165, 1.54) is 0 Å². The molecule has 0 spiro atoms. The molecule has 1 N–H and O–H groups in total. The van der Waals surface area contributed by atoms with E-state index >= 15 is 0 Å². The lowest BCUT2D eigenvalue weighted by Gasteiger charge is -2.38. The van der Waals surface area contributed by atoms with Crippen molar-refractivity contribution in [3.63, 3.8) is 0 Å². The van der Waals surface area contributed by atoms with E-state index in [1.54, 1.807) is 6.07 Å². The number of aliphatic hydroxyl groups is 1. The van der Waals surface area contributed by atoms with Crippen molar-refractivity contribution in [3.8, 4) is 0 Å². The van der Waals surface area contributed by atoms with E-state index < -0.39 is 0 Å². The van der Waals surface area contributed by atoms with Crippen molar-refractivity contribution in [2.24, 2.45) is 17.8 Å². The first kappa shape index (κ1) is 24.1. The van der Waals surface area contributed by atoms with Gasteiger partial charge in [-0.25, -0.2) is 4.39 Å². The van der Waals surface area contributed by atoms with Crippen LogP contribution < -0.4 is 0 Å². The molecule has 5 heteroatoms. The molecule has 0 radical (unpaired) electrons. The van der Waals surface area contributed by atoms with Gasteiger partial charge >= 0.3 is 0 Å². The second-order valence-corrected chi connectivity index (χ2v) is 10.4. The van der Waals surface area contributed by atoms with Crippen LogP contribution in [0.1, 0.15) is 94.1 Å². The largest absolute Gasteiger partial charge is 0.393 e. The number of hydrogen-bond acceptors (Lipinski definition) is 3. The van der Waals surface area contributed by atoms with E-state index in [0.29, 0.717) is 25.0 Å². The van der Waals surface area contributed by atoms with Crippen molar-refractivity contribution >= 4 is 0 Å². The maximum atomic E-state index is 15.0. The van der Waals surface area contributed by atoms with Gasteiger partial charge in [-0.2, -0.15) is 0 Å². The summed E-state index contributed by atoms with van der Waals surface area (Å²) >= 11 is 0. The van der Waals surface area contributed by atoms with Gasteiger partial charge in [-0.3, -0.25) is 4.39 Å². The van der Waals surface area contributed by atoms with Crippen LogP contribution in [0.3, 0.4) is 0 Å². The van der Waals surface area contributed by atoms with Gasteiger partial charge < -0.3 is 14.6 Å². The fraction of sp³-hybridized carbons (Fsp3) is 0.778. The Kier molecular flexibility index (Phi) is 8.58. The molecule has 1 aromatic carbocycles. The minimum absolute atomic E-state index is 0.0797. The van der Waals surface area contributed by atoms with Crippen molar-refractivity contribution in [2.75, 3.05) is 19.9 Å². The van der Waals surface area contributed by atoms with E-state index in [1.807, 2.05) is 6.07 Å².